The van der Waals surface area contributed by atoms with Gasteiger partial charge in [-0.1, -0.05) is 6.07 Å². The summed E-state index contributed by atoms with van der Waals surface area (Å²) >= 11 is 1.35. The Morgan fingerprint density at radius 3 is 2.71 bits per heavy atom. The van der Waals surface area contributed by atoms with Crippen LogP contribution in [0.1, 0.15) is 33.9 Å². The highest BCUT2D eigenvalue weighted by molar-refractivity contribution is 7.89. The molecule has 0 aliphatic heterocycles. The number of benzene rings is 1. The monoisotopic (exact) mass is 326 g/mol. The largest absolute Gasteiger partial charge is 0.478 e. The van der Waals surface area contributed by atoms with E-state index in [2.05, 4.69) is 9.71 Å². The summed E-state index contributed by atoms with van der Waals surface area (Å²) in [7, 11) is -3.82. The summed E-state index contributed by atoms with van der Waals surface area (Å²) in [5, 5.41) is 11.4. The van der Waals surface area contributed by atoms with Crippen molar-refractivity contribution in [1.82, 2.24) is 9.71 Å². The van der Waals surface area contributed by atoms with E-state index in [-0.39, 0.29) is 10.5 Å². The molecule has 0 aliphatic carbocycles. The van der Waals surface area contributed by atoms with Crippen LogP contribution in [0, 0.1) is 6.92 Å². The minimum absolute atomic E-state index is 0.0363. The molecule has 0 saturated heterocycles. The molecule has 2 N–H and O–H groups in total. The topological polar surface area (TPSA) is 96.4 Å². The van der Waals surface area contributed by atoms with Crippen LogP contribution in [0.25, 0.3) is 0 Å². The zero-order valence-electron chi connectivity index (χ0n) is 11.4. The van der Waals surface area contributed by atoms with Crippen molar-refractivity contribution in [1.29, 1.82) is 0 Å². The van der Waals surface area contributed by atoms with Crippen molar-refractivity contribution >= 4 is 27.3 Å². The van der Waals surface area contributed by atoms with Gasteiger partial charge in [0.1, 0.15) is 5.01 Å². The Labute approximate surface area is 126 Å². The van der Waals surface area contributed by atoms with E-state index < -0.39 is 22.0 Å². The lowest BCUT2D eigenvalue weighted by Gasteiger charge is -2.14. The van der Waals surface area contributed by atoms with Crippen molar-refractivity contribution in [2.75, 3.05) is 0 Å². The summed E-state index contributed by atoms with van der Waals surface area (Å²) in [6.45, 7) is 3.31. The van der Waals surface area contributed by atoms with Gasteiger partial charge in [0.15, 0.2) is 0 Å². The van der Waals surface area contributed by atoms with Crippen LogP contribution in [0.15, 0.2) is 34.7 Å². The fourth-order valence-corrected chi connectivity index (χ4v) is 4.02. The Morgan fingerprint density at radius 2 is 2.14 bits per heavy atom. The number of sulfonamides is 1. The molecule has 0 spiro atoms. The third-order valence-electron chi connectivity index (χ3n) is 2.88. The number of aromatic nitrogens is 1. The lowest BCUT2D eigenvalue weighted by Crippen LogP contribution is -2.27. The lowest BCUT2D eigenvalue weighted by atomic mass is 10.1. The zero-order chi connectivity index (χ0) is 15.6. The number of hydrogen-bond donors (Lipinski definition) is 2. The van der Waals surface area contributed by atoms with E-state index in [4.69, 9.17) is 5.11 Å². The number of hydrogen-bond acceptors (Lipinski definition) is 5. The Hall–Kier alpha value is -1.77. The van der Waals surface area contributed by atoms with Gasteiger partial charge in [-0.2, -0.15) is 0 Å². The number of thiazole rings is 1. The van der Waals surface area contributed by atoms with Gasteiger partial charge in [-0.3, -0.25) is 0 Å². The predicted molar refractivity (Wildman–Crippen MR) is 79.0 cm³/mol. The molecule has 2 aromatic rings. The molecule has 1 heterocycles. The summed E-state index contributed by atoms with van der Waals surface area (Å²) in [5.74, 6) is -1.17. The molecular formula is C13H14N2O4S2. The number of aryl methyl sites for hydroxylation is 1. The van der Waals surface area contributed by atoms with Gasteiger partial charge in [0.2, 0.25) is 10.0 Å². The minimum atomic E-state index is -3.82. The van der Waals surface area contributed by atoms with Crippen molar-refractivity contribution < 1.29 is 18.3 Å². The minimum Gasteiger partial charge on any atom is -0.478 e. The van der Waals surface area contributed by atoms with Crippen molar-refractivity contribution in [3.8, 4) is 0 Å². The smallest absolute Gasteiger partial charge is 0.335 e. The van der Waals surface area contributed by atoms with Gasteiger partial charge in [0.05, 0.1) is 16.5 Å². The predicted octanol–water partition coefficient (Wildman–Crippen LogP) is 2.19. The van der Waals surface area contributed by atoms with E-state index in [1.807, 2.05) is 0 Å². The van der Waals surface area contributed by atoms with Gasteiger partial charge < -0.3 is 5.11 Å². The van der Waals surface area contributed by atoms with E-state index in [9.17, 15) is 13.2 Å². The first kappa shape index (κ1) is 15.6. The van der Waals surface area contributed by atoms with E-state index in [1.54, 1.807) is 25.4 Å². The first-order valence-corrected chi connectivity index (χ1v) is 8.43. The lowest BCUT2D eigenvalue weighted by molar-refractivity contribution is 0.0696. The molecule has 0 aliphatic rings. The molecule has 21 heavy (non-hydrogen) atoms. The highest BCUT2D eigenvalue weighted by Gasteiger charge is 2.22. The third-order valence-corrected chi connectivity index (χ3v) is 5.52. The van der Waals surface area contributed by atoms with E-state index in [0.717, 1.165) is 6.07 Å². The Bertz CT molecular complexity index is 754. The van der Waals surface area contributed by atoms with Crippen LogP contribution in [0.5, 0.6) is 0 Å². The van der Waals surface area contributed by atoms with Crippen molar-refractivity contribution in [2.24, 2.45) is 0 Å². The van der Waals surface area contributed by atoms with Crippen LogP contribution >= 0.6 is 11.3 Å². The zero-order valence-corrected chi connectivity index (χ0v) is 13.0. The molecule has 0 bridgehead atoms. The molecule has 1 atom stereocenters. The third kappa shape index (κ3) is 3.46. The molecule has 6 nitrogen and oxygen atoms in total. The molecule has 0 radical (unpaired) electrons. The fourth-order valence-electron chi connectivity index (χ4n) is 1.82. The van der Waals surface area contributed by atoms with Gasteiger partial charge in [-0.15, -0.1) is 11.3 Å². The van der Waals surface area contributed by atoms with E-state index >= 15 is 0 Å². The summed E-state index contributed by atoms with van der Waals surface area (Å²) < 4.78 is 27.3. The van der Waals surface area contributed by atoms with Crippen molar-refractivity contribution in [3.05, 3.63) is 45.9 Å². The molecule has 2 rings (SSSR count). The summed E-state index contributed by atoms with van der Waals surface area (Å²) in [4.78, 5) is 15.0. The molecule has 1 unspecified atom stereocenters. The van der Waals surface area contributed by atoms with Crippen LogP contribution in [0.2, 0.25) is 0 Å². The molecule has 0 saturated carbocycles. The number of nitrogens with zero attached hydrogens (tertiary/aromatic N) is 1. The molecule has 0 fully saturated rings. The fraction of sp³-hybridized carbons (Fsp3) is 0.231. The maximum Gasteiger partial charge on any atom is 0.335 e. The molecular weight excluding hydrogens is 312 g/mol. The Kier molecular flexibility index (Phi) is 4.40. The quantitative estimate of drug-likeness (QED) is 0.878. The average Bonchev–Trinajstić information content (AvgIpc) is 2.92. The van der Waals surface area contributed by atoms with Gasteiger partial charge in [-0.05, 0) is 31.5 Å². The highest BCUT2D eigenvalue weighted by atomic mass is 32.2. The molecule has 1 aromatic heterocycles. The van der Waals surface area contributed by atoms with Gasteiger partial charge >= 0.3 is 5.97 Å². The number of carboxylic acid groups (broad SMARTS) is 1. The van der Waals surface area contributed by atoms with Gasteiger partial charge in [-0.25, -0.2) is 22.9 Å². The van der Waals surface area contributed by atoms with Crippen molar-refractivity contribution in [2.45, 2.75) is 24.8 Å². The van der Waals surface area contributed by atoms with Gasteiger partial charge in [0.25, 0.3) is 0 Å². The summed E-state index contributed by atoms with van der Waals surface area (Å²) in [6, 6.07) is 3.53. The normalized spacial score (nSPS) is 13.0. The summed E-state index contributed by atoms with van der Waals surface area (Å²) in [5.41, 5.74) is 0.418. The van der Waals surface area contributed by atoms with Crippen LogP contribution in [-0.4, -0.2) is 24.5 Å². The van der Waals surface area contributed by atoms with E-state index in [0.29, 0.717) is 10.6 Å². The first-order chi connectivity index (χ1) is 9.81. The maximum atomic E-state index is 12.4. The second-order valence-electron chi connectivity index (χ2n) is 4.50. The van der Waals surface area contributed by atoms with E-state index in [1.165, 1.54) is 23.5 Å². The molecule has 112 valence electrons. The molecule has 1 aromatic carbocycles. The van der Waals surface area contributed by atoms with Crippen molar-refractivity contribution in [3.63, 3.8) is 0 Å². The first-order valence-electron chi connectivity index (χ1n) is 6.07. The SMILES string of the molecule is Cc1ccc(C(=O)O)cc1S(=O)(=O)NC(C)c1nccs1. The molecule has 8 heteroatoms. The van der Waals surface area contributed by atoms with Crippen LogP contribution in [0.4, 0.5) is 0 Å². The Morgan fingerprint density at radius 1 is 1.43 bits per heavy atom. The number of aromatic carboxylic acids is 1. The average molecular weight is 326 g/mol. The number of rotatable bonds is 5. The Balaban J connectivity index is 2.35. The maximum absolute atomic E-state index is 12.4. The van der Waals surface area contributed by atoms with Crippen LogP contribution < -0.4 is 4.72 Å². The summed E-state index contributed by atoms with van der Waals surface area (Å²) in [6.07, 6.45) is 1.60. The van der Waals surface area contributed by atoms with Crippen LogP contribution in [-0.2, 0) is 10.0 Å². The van der Waals surface area contributed by atoms with Gasteiger partial charge in [0, 0.05) is 11.6 Å². The number of carboxylic acids is 1. The van der Waals surface area contributed by atoms with Crippen LogP contribution in [0.3, 0.4) is 0 Å². The number of carbonyl (C=O) groups is 1. The second-order valence-corrected chi connectivity index (χ2v) is 7.11. The second kappa shape index (κ2) is 5.92. The molecule has 0 amide bonds. The number of nitrogens with one attached hydrogen (secondary N) is 1. The standard InChI is InChI=1S/C13H14N2O4S2/c1-8-3-4-10(13(16)17)7-11(8)21(18,19)15-9(2)12-14-5-6-20-12/h3-7,9,15H,1-2H3,(H,16,17). The highest BCUT2D eigenvalue weighted by Crippen LogP contribution is 2.21.